The molecule has 0 aliphatic carbocycles. The fraction of sp³-hybridized carbons (Fsp3) is 0.346. The largest absolute Gasteiger partial charge is 0.485 e. The lowest BCUT2D eigenvalue weighted by atomic mass is 10.0. The van der Waals surface area contributed by atoms with E-state index in [1.165, 1.54) is 11.8 Å². The van der Waals surface area contributed by atoms with Crippen LogP contribution < -0.4 is 10.1 Å². The summed E-state index contributed by atoms with van der Waals surface area (Å²) in [5.41, 5.74) is 5.28. The van der Waals surface area contributed by atoms with Gasteiger partial charge in [0, 0.05) is 12.2 Å². The molecule has 2 aromatic carbocycles. The first-order valence-electron chi connectivity index (χ1n) is 11.0. The average Bonchev–Trinajstić information content (AvgIpc) is 3.15. The maximum absolute atomic E-state index is 12.5. The Morgan fingerprint density at radius 1 is 1.15 bits per heavy atom. The smallest absolute Gasteiger partial charge is 0.234 e. The Morgan fingerprint density at radius 2 is 1.88 bits per heavy atom. The average molecular weight is 465 g/mol. The van der Waals surface area contributed by atoms with Gasteiger partial charge in [0.05, 0.1) is 5.75 Å². The Hall–Kier alpha value is -3.06. The van der Waals surface area contributed by atoms with Gasteiger partial charge in [-0.25, -0.2) is 0 Å². The first-order chi connectivity index (χ1) is 15.8. The minimum absolute atomic E-state index is 0.0824. The van der Waals surface area contributed by atoms with Crippen molar-refractivity contribution in [2.45, 2.75) is 58.8 Å². The Labute approximate surface area is 200 Å². The van der Waals surface area contributed by atoms with E-state index in [1.54, 1.807) is 6.08 Å². The first kappa shape index (κ1) is 24.6. The number of carbonyl (C=O) groups excluding carboxylic acids is 1. The number of hydrogen-bond acceptors (Lipinski definition) is 5. The van der Waals surface area contributed by atoms with Crippen molar-refractivity contribution in [3.05, 3.63) is 77.1 Å². The van der Waals surface area contributed by atoms with Crippen molar-refractivity contribution in [1.29, 1.82) is 0 Å². The van der Waals surface area contributed by atoms with Gasteiger partial charge in [-0.15, -0.1) is 16.8 Å². The molecule has 0 atom stereocenters. The zero-order valence-electron chi connectivity index (χ0n) is 20.0. The van der Waals surface area contributed by atoms with E-state index < -0.39 is 0 Å². The number of anilines is 1. The fourth-order valence-corrected chi connectivity index (χ4v) is 4.18. The molecule has 3 rings (SSSR count). The summed E-state index contributed by atoms with van der Waals surface area (Å²) in [4.78, 5) is 12.5. The Morgan fingerprint density at radius 3 is 2.61 bits per heavy atom. The molecule has 0 saturated heterocycles. The number of amides is 1. The lowest BCUT2D eigenvalue weighted by molar-refractivity contribution is -0.113. The zero-order chi connectivity index (χ0) is 24.0. The van der Waals surface area contributed by atoms with E-state index in [0.29, 0.717) is 30.1 Å². The summed E-state index contributed by atoms with van der Waals surface area (Å²) in [6.07, 6.45) is 1.79. The number of hydrogen-bond donors (Lipinski definition) is 1. The second kappa shape index (κ2) is 11.2. The van der Waals surface area contributed by atoms with E-state index in [1.807, 2.05) is 36.6 Å². The summed E-state index contributed by atoms with van der Waals surface area (Å²) >= 11 is 1.35. The molecule has 1 heterocycles. The lowest BCUT2D eigenvalue weighted by Crippen LogP contribution is -2.16. The quantitative estimate of drug-likeness (QED) is 0.302. The van der Waals surface area contributed by atoms with Crippen LogP contribution in [-0.2, 0) is 17.9 Å². The Bertz CT molecular complexity index is 1140. The highest BCUT2D eigenvalue weighted by Crippen LogP contribution is 2.28. The van der Waals surface area contributed by atoms with Crippen LogP contribution >= 0.6 is 11.8 Å². The fourth-order valence-electron chi connectivity index (χ4n) is 3.42. The van der Waals surface area contributed by atoms with E-state index in [0.717, 1.165) is 33.7 Å². The monoisotopic (exact) mass is 464 g/mol. The summed E-state index contributed by atoms with van der Waals surface area (Å²) in [7, 11) is 0. The van der Waals surface area contributed by atoms with Crippen molar-refractivity contribution in [2.24, 2.45) is 0 Å². The van der Waals surface area contributed by atoms with Crippen LogP contribution in [-0.4, -0.2) is 26.4 Å². The maximum atomic E-state index is 12.5. The summed E-state index contributed by atoms with van der Waals surface area (Å²) in [6, 6.07) is 12.3. The highest BCUT2D eigenvalue weighted by molar-refractivity contribution is 7.99. The predicted octanol–water partition coefficient (Wildman–Crippen LogP) is 5.82. The number of benzene rings is 2. The number of nitrogens with one attached hydrogen (secondary N) is 1. The summed E-state index contributed by atoms with van der Waals surface area (Å²) in [6.45, 7) is 15.0. The third-order valence-electron chi connectivity index (χ3n) is 5.25. The van der Waals surface area contributed by atoms with Crippen LogP contribution in [0.1, 0.15) is 47.8 Å². The van der Waals surface area contributed by atoms with Gasteiger partial charge in [0.1, 0.15) is 12.4 Å². The van der Waals surface area contributed by atoms with Gasteiger partial charge in [-0.1, -0.05) is 56.0 Å². The highest BCUT2D eigenvalue weighted by Gasteiger charge is 2.16. The number of aryl methyl sites for hydroxylation is 3. The molecule has 174 valence electrons. The molecule has 7 heteroatoms. The molecular weight excluding hydrogens is 432 g/mol. The van der Waals surface area contributed by atoms with Gasteiger partial charge < -0.3 is 10.1 Å². The molecule has 1 N–H and O–H groups in total. The van der Waals surface area contributed by atoms with Crippen LogP contribution in [0, 0.1) is 20.8 Å². The Kier molecular flexibility index (Phi) is 8.33. The molecule has 0 bridgehead atoms. The molecule has 0 unspecified atom stereocenters. The van der Waals surface area contributed by atoms with Crippen LogP contribution in [0.4, 0.5) is 5.69 Å². The van der Waals surface area contributed by atoms with Gasteiger partial charge in [0.2, 0.25) is 5.91 Å². The molecule has 33 heavy (non-hydrogen) atoms. The molecule has 6 nitrogen and oxygen atoms in total. The van der Waals surface area contributed by atoms with Crippen molar-refractivity contribution in [2.75, 3.05) is 11.1 Å². The number of aromatic nitrogens is 3. The molecule has 0 fully saturated rings. The molecule has 0 spiro atoms. The minimum Gasteiger partial charge on any atom is -0.485 e. The second-order valence-corrected chi connectivity index (χ2v) is 9.38. The first-order valence-corrected chi connectivity index (χ1v) is 12.0. The maximum Gasteiger partial charge on any atom is 0.234 e. The summed E-state index contributed by atoms with van der Waals surface area (Å²) < 4.78 is 8.09. The SMILES string of the molecule is C=CCn1c(COc2cc(C)ccc2C(C)C)nnc1SCC(=O)Nc1cc(C)ccc1C. The number of rotatable bonds is 10. The zero-order valence-corrected chi connectivity index (χ0v) is 20.8. The summed E-state index contributed by atoms with van der Waals surface area (Å²) in [5.74, 6) is 2.07. The third-order valence-corrected chi connectivity index (χ3v) is 6.22. The van der Waals surface area contributed by atoms with Gasteiger partial charge in [0.15, 0.2) is 11.0 Å². The van der Waals surface area contributed by atoms with Crippen molar-refractivity contribution in [3.8, 4) is 5.75 Å². The van der Waals surface area contributed by atoms with E-state index in [2.05, 4.69) is 61.1 Å². The predicted molar refractivity (Wildman–Crippen MR) is 135 cm³/mol. The van der Waals surface area contributed by atoms with Crippen LogP contribution in [0.15, 0.2) is 54.2 Å². The standard InChI is InChI=1S/C26H32N4O2S/c1-7-12-30-24(15-32-23-14-19(5)9-11-21(23)17(2)3)28-29-26(30)33-16-25(31)27-22-13-18(4)8-10-20(22)6/h7-11,13-14,17H,1,12,15-16H2,2-6H3,(H,27,31). The topological polar surface area (TPSA) is 69.0 Å². The molecule has 0 radical (unpaired) electrons. The van der Waals surface area contributed by atoms with Crippen LogP contribution in [0.25, 0.3) is 0 Å². The second-order valence-electron chi connectivity index (χ2n) is 8.44. The molecule has 1 aromatic heterocycles. The summed E-state index contributed by atoms with van der Waals surface area (Å²) in [5, 5.41) is 12.3. The van der Waals surface area contributed by atoms with E-state index in [4.69, 9.17) is 4.74 Å². The number of allylic oxidation sites excluding steroid dienone is 1. The highest BCUT2D eigenvalue weighted by atomic mass is 32.2. The van der Waals surface area contributed by atoms with Gasteiger partial charge in [-0.05, 0) is 61.1 Å². The van der Waals surface area contributed by atoms with Crippen molar-refractivity contribution >= 4 is 23.4 Å². The molecule has 0 aliphatic rings. The number of nitrogens with zero attached hydrogens (tertiary/aromatic N) is 3. The molecule has 3 aromatic rings. The number of thioether (sulfide) groups is 1. The van der Waals surface area contributed by atoms with Crippen LogP contribution in [0.2, 0.25) is 0 Å². The van der Waals surface area contributed by atoms with Gasteiger partial charge >= 0.3 is 0 Å². The van der Waals surface area contributed by atoms with E-state index in [-0.39, 0.29) is 11.7 Å². The van der Waals surface area contributed by atoms with Crippen molar-refractivity contribution in [3.63, 3.8) is 0 Å². The van der Waals surface area contributed by atoms with Crippen molar-refractivity contribution < 1.29 is 9.53 Å². The van der Waals surface area contributed by atoms with Gasteiger partial charge in [-0.2, -0.15) is 0 Å². The normalized spacial score (nSPS) is 11.0. The van der Waals surface area contributed by atoms with E-state index >= 15 is 0 Å². The molecule has 0 saturated carbocycles. The van der Waals surface area contributed by atoms with Crippen molar-refractivity contribution in [1.82, 2.24) is 14.8 Å². The van der Waals surface area contributed by atoms with Gasteiger partial charge in [-0.3, -0.25) is 9.36 Å². The molecule has 0 aliphatic heterocycles. The third kappa shape index (κ3) is 6.48. The van der Waals surface area contributed by atoms with Crippen LogP contribution in [0.5, 0.6) is 5.75 Å². The van der Waals surface area contributed by atoms with Gasteiger partial charge in [0.25, 0.3) is 0 Å². The van der Waals surface area contributed by atoms with E-state index in [9.17, 15) is 4.79 Å². The Balaban J connectivity index is 1.68. The molecule has 1 amide bonds. The lowest BCUT2D eigenvalue weighted by Gasteiger charge is -2.15. The van der Waals surface area contributed by atoms with Crippen LogP contribution in [0.3, 0.4) is 0 Å². The minimum atomic E-state index is -0.0824. The number of carbonyl (C=O) groups is 1. The molecular formula is C26H32N4O2S. The number of ether oxygens (including phenoxy) is 1.